The number of rotatable bonds is 15. The van der Waals surface area contributed by atoms with Crippen LogP contribution in [0, 0.1) is 40.9 Å². The van der Waals surface area contributed by atoms with E-state index < -0.39 is 53.1 Å². The highest BCUT2D eigenvalue weighted by Gasteiger charge is 2.57. The van der Waals surface area contributed by atoms with Crippen LogP contribution in [0.15, 0.2) is 12.7 Å². The van der Waals surface area contributed by atoms with E-state index in [1.165, 1.54) is 6.08 Å². The zero-order valence-electron chi connectivity index (χ0n) is 31.1. The minimum atomic E-state index is -1.23. The largest absolute Gasteiger partial charge is 0.598 e. The summed E-state index contributed by atoms with van der Waals surface area (Å²) in [5.41, 5.74) is -0.496. The summed E-state index contributed by atoms with van der Waals surface area (Å²) in [6.07, 6.45) is 14.8. The summed E-state index contributed by atoms with van der Waals surface area (Å²) >= 11 is -1.23. The van der Waals surface area contributed by atoms with Crippen molar-refractivity contribution in [2.75, 3.05) is 32.9 Å². The van der Waals surface area contributed by atoms with Crippen LogP contribution in [0.3, 0.4) is 0 Å². The van der Waals surface area contributed by atoms with Gasteiger partial charge in [-0.1, -0.05) is 60.0 Å². The lowest BCUT2D eigenvalue weighted by molar-refractivity contribution is -0.144. The van der Waals surface area contributed by atoms with Crippen molar-refractivity contribution in [2.45, 2.75) is 117 Å². The number of terminal acetylenes is 1. The first kappa shape index (κ1) is 41.3. The van der Waals surface area contributed by atoms with E-state index in [9.17, 15) is 28.5 Å². The van der Waals surface area contributed by atoms with Crippen molar-refractivity contribution in [3.05, 3.63) is 12.7 Å². The second kappa shape index (κ2) is 17.9. The fourth-order valence-corrected chi connectivity index (χ4v) is 8.17. The Morgan fingerprint density at radius 3 is 2.34 bits per heavy atom. The lowest BCUT2D eigenvalue weighted by atomic mass is 9.79. The molecule has 2 saturated carbocycles. The Morgan fingerprint density at radius 2 is 1.76 bits per heavy atom. The van der Waals surface area contributed by atoms with Crippen LogP contribution >= 0.6 is 0 Å². The van der Waals surface area contributed by atoms with Gasteiger partial charge in [0, 0.05) is 37.9 Å². The molecule has 2 aliphatic carbocycles. The molecule has 13 heteroatoms. The zero-order chi connectivity index (χ0) is 37.4. The summed E-state index contributed by atoms with van der Waals surface area (Å²) in [7, 11) is 1.73. The molecule has 7 atom stereocenters. The number of likely N-dealkylation sites (tertiary alicyclic amines) is 1. The van der Waals surface area contributed by atoms with Crippen LogP contribution in [0.1, 0.15) is 92.4 Å². The molecule has 0 aromatic carbocycles. The molecule has 0 aromatic heterocycles. The van der Waals surface area contributed by atoms with Crippen molar-refractivity contribution in [3.8, 4) is 12.3 Å². The molecule has 0 spiro atoms. The Morgan fingerprint density at radius 1 is 1.10 bits per heavy atom. The van der Waals surface area contributed by atoms with E-state index >= 15 is 0 Å². The third kappa shape index (κ3) is 10.5. The quantitative estimate of drug-likeness (QED) is 0.0877. The molecule has 1 aliphatic heterocycles. The van der Waals surface area contributed by atoms with Crippen molar-refractivity contribution >= 4 is 40.9 Å². The SMILES string of the molecule is C#CCCC(NC(=O)[C@@H]1[C@H]2CCC(C)(C)[C@H]2CN1C(=O)[C@@H](NC(=O)N[C@H](CN(C)[S+](C)[O-])C(C)(C)C)C1CCCCC1)C(=O)C(=O)NCC=C. The summed E-state index contributed by atoms with van der Waals surface area (Å²) in [6.45, 7) is 14.6. The second-order valence-corrected chi connectivity index (χ2v) is 17.5. The molecule has 1 heterocycles. The molecule has 4 N–H and O–H groups in total. The highest BCUT2D eigenvalue weighted by Crippen LogP contribution is 2.53. The van der Waals surface area contributed by atoms with E-state index in [1.54, 1.807) is 22.5 Å². The average molecular weight is 717 g/mol. The minimum absolute atomic E-state index is 0.0366. The first-order valence-corrected chi connectivity index (χ1v) is 19.5. The van der Waals surface area contributed by atoms with Gasteiger partial charge in [-0.2, -0.15) is 0 Å². The van der Waals surface area contributed by atoms with Crippen LogP contribution < -0.4 is 21.3 Å². The van der Waals surface area contributed by atoms with Crippen LogP contribution in [0.25, 0.3) is 0 Å². The molecule has 3 aliphatic rings. The van der Waals surface area contributed by atoms with Gasteiger partial charge >= 0.3 is 6.03 Å². The third-order valence-electron chi connectivity index (χ3n) is 11.1. The molecule has 0 bridgehead atoms. The van der Waals surface area contributed by atoms with Crippen molar-refractivity contribution in [2.24, 2.45) is 28.6 Å². The number of hydrogen-bond donors (Lipinski definition) is 4. The number of amides is 5. The maximum Gasteiger partial charge on any atom is 0.315 e. The second-order valence-electron chi connectivity index (χ2n) is 16.0. The molecule has 1 saturated heterocycles. The van der Waals surface area contributed by atoms with Gasteiger partial charge in [0.25, 0.3) is 5.91 Å². The normalized spacial score (nSPS) is 24.2. The van der Waals surface area contributed by atoms with Crippen molar-refractivity contribution < 1.29 is 28.5 Å². The van der Waals surface area contributed by atoms with E-state index in [1.807, 2.05) is 20.8 Å². The van der Waals surface area contributed by atoms with Crippen LogP contribution in [0.2, 0.25) is 0 Å². The molecule has 12 nitrogen and oxygen atoms in total. The fraction of sp³-hybridized carbons (Fsp3) is 0.757. The summed E-state index contributed by atoms with van der Waals surface area (Å²) < 4.78 is 13.8. The van der Waals surface area contributed by atoms with Gasteiger partial charge in [-0.05, 0) is 60.7 Å². The molecular weight excluding hydrogens is 657 g/mol. The number of carbonyl (C=O) groups excluding carboxylic acids is 5. The Hall–Kier alpha value is -3.08. The Bertz CT molecular complexity index is 1290. The van der Waals surface area contributed by atoms with E-state index in [-0.39, 0.29) is 59.9 Å². The third-order valence-corrected chi connectivity index (χ3v) is 12.1. The molecule has 0 aromatic rings. The number of nitrogens with one attached hydrogen (secondary N) is 4. The zero-order valence-corrected chi connectivity index (χ0v) is 32.0. The highest BCUT2D eigenvalue weighted by molar-refractivity contribution is 7.88. The number of Topliss-reactive ketones (excluding diaryl/α,β-unsaturated/α-hetero) is 1. The van der Waals surface area contributed by atoms with Gasteiger partial charge < -0.3 is 30.7 Å². The Kier molecular flexibility index (Phi) is 14.8. The summed E-state index contributed by atoms with van der Waals surface area (Å²) in [5.74, 6) is -0.205. The van der Waals surface area contributed by atoms with Crippen molar-refractivity contribution in [1.29, 1.82) is 0 Å². The molecular formula is C37H60N6O6S. The standard InChI is InChI=1S/C37H60N6O6S/c1-10-12-18-27(31(44)33(46)38-21-11-2)39-32(45)30-25-19-20-37(6,7)26(25)22-43(30)34(47)29(24-16-14-13-15-17-24)41-35(48)40-28(36(3,4)5)23-42(8)50(9)49/h1,11,24-30H,2,12-23H2,3-9H3,(H,38,46)(H,39,45)(H2,40,41,48)/t25-,26-,27?,28+,29-,30-,50?/m0/s1. The van der Waals surface area contributed by atoms with Gasteiger partial charge in [0.15, 0.2) is 0 Å². The first-order valence-electron chi connectivity index (χ1n) is 18.0. The topological polar surface area (TPSA) is 163 Å². The lowest BCUT2D eigenvalue weighted by Gasteiger charge is -2.37. The predicted molar refractivity (Wildman–Crippen MR) is 196 cm³/mol. The van der Waals surface area contributed by atoms with Gasteiger partial charge in [-0.3, -0.25) is 19.2 Å². The number of urea groups is 1. The average Bonchev–Trinajstić information content (AvgIpc) is 3.60. The predicted octanol–water partition coefficient (Wildman–Crippen LogP) is 2.91. The molecule has 50 heavy (non-hydrogen) atoms. The van der Waals surface area contributed by atoms with Gasteiger partial charge in [0.1, 0.15) is 18.3 Å². The van der Waals surface area contributed by atoms with Crippen molar-refractivity contribution in [1.82, 2.24) is 30.5 Å². The number of ketones is 1. The minimum Gasteiger partial charge on any atom is -0.598 e. The van der Waals surface area contributed by atoms with Crippen LogP contribution in [-0.2, 0) is 30.5 Å². The maximum atomic E-state index is 14.8. The highest BCUT2D eigenvalue weighted by atomic mass is 32.2. The van der Waals surface area contributed by atoms with E-state index in [4.69, 9.17) is 6.42 Å². The van der Waals surface area contributed by atoms with Gasteiger partial charge in [-0.25, -0.2) is 4.79 Å². The van der Waals surface area contributed by atoms with Crippen molar-refractivity contribution in [3.63, 3.8) is 0 Å². The molecule has 0 radical (unpaired) electrons. The Balaban J connectivity index is 1.93. The summed E-state index contributed by atoms with van der Waals surface area (Å²) in [5, 5.41) is 11.4. The lowest BCUT2D eigenvalue weighted by Crippen LogP contribution is -2.61. The van der Waals surface area contributed by atoms with E-state index in [0.717, 1.165) is 44.9 Å². The summed E-state index contributed by atoms with van der Waals surface area (Å²) in [4.78, 5) is 70.2. The van der Waals surface area contributed by atoms with Gasteiger partial charge in [0.05, 0.1) is 18.6 Å². The van der Waals surface area contributed by atoms with Crippen LogP contribution in [-0.4, -0.2) is 100 Å². The fourth-order valence-electron chi connectivity index (χ4n) is 7.82. The van der Waals surface area contributed by atoms with E-state index in [2.05, 4.69) is 47.6 Å². The maximum absolute atomic E-state index is 14.8. The van der Waals surface area contributed by atoms with Gasteiger partial charge in [0.2, 0.25) is 17.6 Å². The van der Waals surface area contributed by atoms with Crippen LogP contribution in [0.5, 0.6) is 0 Å². The molecule has 3 fully saturated rings. The molecule has 5 amide bonds. The number of hydrogen-bond acceptors (Lipinski definition) is 7. The van der Waals surface area contributed by atoms with Gasteiger partial charge in [-0.15, -0.1) is 23.2 Å². The number of carbonyl (C=O) groups is 5. The number of fused-ring (bicyclic) bond motifs is 1. The van der Waals surface area contributed by atoms with Crippen LogP contribution in [0.4, 0.5) is 4.79 Å². The number of nitrogens with zero attached hydrogens (tertiary/aromatic N) is 2. The summed E-state index contributed by atoms with van der Waals surface area (Å²) in [6, 6.07) is -3.76. The molecule has 280 valence electrons. The monoisotopic (exact) mass is 716 g/mol. The number of likely N-dealkylation sites (N-methyl/N-ethyl adjacent to an activating group) is 1. The Labute approximate surface area is 302 Å². The van der Waals surface area contributed by atoms with E-state index in [0.29, 0.717) is 13.1 Å². The first-order chi connectivity index (χ1) is 23.4. The molecule has 3 rings (SSSR count). The molecule has 2 unspecified atom stereocenters. The smallest absolute Gasteiger partial charge is 0.315 e.